The molecule has 1 atom stereocenters. The summed E-state index contributed by atoms with van der Waals surface area (Å²) in [6.07, 6.45) is 0.291. The van der Waals surface area contributed by atoms with Crippen LogP contribution < -0.4 is 0 Å². The van der Waals surface area contributed by atoms with Gasteiger partial charge >= 0.3 is 0 Å². The molecule has 1 fully saturated rings. The first-order valence-electron chi connectivity index (χ1n) is 5.19. The molecule has 1 saturated heterocycles. The van der Waals surface area contributed by atoms with Gasteiger partial charge in [-0.15, -0.1) is 11.3 Å². The number of ketones is 1. The Kier molecular flexibility index (Phi) is 3.58. The van der Waals surface area contributed by atoms with Gasteiger partial charge in [0.25, 0.3) is 10.0 Å². The van der Waals surface area contributed by atoms with Gasteiger partial charge in [0.1, 0.15) is 9.99 Å². The minimum atomic E-state index is -3.48. The van der Waals surface area contributed by atoms with Crippen molar-refractivity contribution in [2.24, 2.45) is 5.92 Å². The number of rotatable bonds is 2. The highest BCUT2D eigenvalue weighted by Crippen LogP contribution is 2.29. The number of thiophene rings is 1. The number of carbonyl (C=O) groups is 1. The van der Waals surface area contributed by atoms with E-state index in [4.69, 9.17) is 11.6 Å². The van der Waals surface area contributed by atoms with E-state index >= 15 is 0 Å². The average molecular weight is 294 g/mol. The Morgan fingerprint density at radius 3 is 2.71 bits per heavy atom. The summed E-state index contributed by atoms with van der Waals surface area (Å²) in [6, 6.07) is 3.07. The summed E-state index contributed by atoms with van der Waals surface area (Å²) >= 11 is 6.78. The van der Waals surface area contributed by atoms with Crippen LogP contribution in [-0.4, -0.2) is 31.6 Å². The highest BCUT2D eigenvalue weighted by Gasteiger charge is 2.33. The first kappa shape index (κ1) is 13.0. The number of sulfonamides is 1. The van der Waals surface area contributed by atoms with Gasteiger partial charge in [-0.05, 0) is 12.1 Å². The van der Waals surface area contributed by atoms with E-state index in [0.717, 1.165) is 11.3 Å². The fourth-order valence-electron chi connectivity index (χ4n) is 1.76. The highest BCUT2D eigenvalue weighted by atomic mass is 35.5. The van der Waals surface area contributed by atoms with Gasteiger partial charge in [-0.3, -0.25) is 4.79 Å². The van der Waals surface area contributed by atoms with Gasteiger partial charge in [-0.2, -0.15) is 4.31 Å². The van der Waals surface area contributed by atoms with E-state index < -0.39 is 10.0 Å². The maximum Gasteiger partial charge on any atom is 0.252 e. The summed E-state index contributed by atoms with van der Waals surface area (Å²) in [5, 5.41) is 0. The largest absolute Gasteiger partial charge is 0.299 e. The first-order chi connectivity index (χ1) is 7.91. The molecule has 7 heteroatoms. The van der Waals surface area contributed by atoms with Gasteiger partial charge in [0, 0.05) is 25.4 Å². The molecule has 94 valence electrons. The summed E-state index contributed by atoms with van der Waals surface area (Å²) in [7, 11) is -3.48. The summed E-state index contributed by atoms with van der Waals surface area (Å²) < 4.78 is 26.5. The van der Waals surface area contributed by atoms with Gasteiger partial charge < -0.3 is 0 Å². The van der Waals surface area contributed by atoms with E-state index in [1.165, 1.54) is 10.4 Å². The Morgan fingerprint density at radius 2 is 2.18 bits per heavy atom. The predicted molar refractivity (Wildman–Crippen MR) is 66.9 cm³/mol. The molecule has 0 N–H and O–H groups in total. The van der Waals surface area contributed by atoms with Crippen LogP contribution in [0.2, 0.25) is 4.34 Å². The third-order valence-corrected chi connectivity index (χ3v) is 6.34. The van der Waals surface area contributed by atoms with Crippen molar-refractivity contribution in [3.63, 3.8) is 0 Å². The van der Waals surface area contributed by atoms with Crippen LogP contribution in [0.15, 0.2) is 16.3 Å². The van der Waals surface area contributed by atoms with Crippen molar-refractivity contribution in [3.8, 4) is 0 Å². The molecule has 0 radical (unpaired) electrons. The molecule has 1 aliphatic heterocycles. The lowest BCUT2D eigenvalue weighted by Crippen LogP contribution is -2.42. The average Bonchev–Trinajstić information content (AvgIpc) is 2.69. The van der Waals surface area contributed by atoms with Gasteiger partial charge in [-0.25, -0.2) is 8.42 Å². The SMILES string of the molecule is CC1CN(S(=O)(=O)c2ccc(Cl)s2)CCC1=O. The summed E-state index contributed by atoms with van der Waals surface area (Å²) in [4.78, 5) is 11.4. The molecule has 1 unspecified atom stereocenters. The number of hydrogen-bond donors (Lipinski definition) is 0. The van der Waals surface area contributed by atoms with Crippen molar-refractivity contribution in [2.45, 2.75) is 17.6 Å². The third kappa shape index (κ3) is 2.54. The second kappa shape index (κ2) is 4.68. The van der Waals surface area contributed by atoms with E-state index in [-0.39, 0.29) is 29.0 Å². The zero-order valence-corrected chi connectivity index (χ0v) is 11.6. The summed E-state index contributed by atoms with van der Waals surface area (Å²) in [6.45, 7) is 2.28. The molecular formula is C10H12ClNO3S2. The van der Waals surface area contributed by atoms with Crippen molar-refractivity contribution < 1.29 is 13.2 Å². The molecule has 0 spiro atoms. The number of nitrogens with zero attached hydrogens (tertiary/aromatic N) is 1. The number of Topliss-reactive ketones (excluding diaryl/α,β-unsaturated/α-hetero) is 1. The van der Waals surface area contributed by atoms with Crippen molar-refractivity contribution in [1.29, 1.82) is 0 Å². The maximum atomic E-state index is 12.2. The Bertz CT molecular complexity index is 538. The minimum absolute atomic E-state index is 0.126. The molecule has 1 aromatic heterocycles. The Morgan fingerprint density at radius 1 is 1.47 bits per heavy atom. The molecule has 0 aliphatic carbocycles. The van der Waals surface area contributed by atoms with Crippen molar-refractivity contribution in [2.75, 3.05) is 13.1 Å². The lowest BCUT2D eigenvalue weighted by atomic mass is 10.0. The smallest absolute Gasteiger partial charge is 0.252 e. The van der Waals surface area contributed by atoms with Crippen LogP contribution in [-0.2, 0) is 14.8 Å². The van der Waals surface area contributed by atoms with Crippen LogP contribution in [0, 0.1) is 5.92 Å². The van der Waals surface area contributed by atoms with Crippen molar-refractivity contribution in [1.82, 2.24) is 4.31 Å². The fourth-order valence-corrected chi connectivity index (χ4v) is 4.93. The fraction of sp³-hybridized carbons (Fsp3) is 0.500. The van der Waals surface area contributed by atoms with E-state index in [9.17, 15) is 13.2 Å². The molecule has 2 rings (SSSR count). The Balaban J connectivity index is 2.25. The molecule has 2 heterocycles. The standard InChI is InChI=1S/C10H12ClNO3S2/c1-7-6-12(5-4-8(7)13)17(14,15)10-3-2-9(11)16-10/h2-3,7H,4-6H2,1H3. The zero-order valence-electron chi connectivity index (χ0n) is 9.22. The van der Waals surface area contributed by atoms with E-state index in [2.05, 4.69) is 0 Å². The van der Waals surface area contributed by atoms with E-state index in [0.29, 0.717) is 10.8 Å². The normalized spacial score (nSPS) is 22.9. The Labute approximate surface area is 109 Å². The van der Waals surface area contributed by atoms with Gasteiger partial charge in [0.15, 0.2) is 0 Å². The van der Waals surface area contributed by atoms with Crippen LogP contribution in [0.1, 0.15) is 13.3 Å². The number of halogens is 1. The molecular weight excluding hydrogens is 282 g/mol. The lowest BCUT2D eigenvalue weighted by Gasteiger charge is -2.28. The zero-order chi connectivity index (χ0) is 12.6. The van der Waals surface area contributed by atoms with Crippen LogP contribution in [0.4, 0.5) is 0 Å². The van der Waals surface area contributed by atoms with Crippen LogP contribution >= 0.6 is 22.9 Å². The second-order valence-electron chi connectivity index (χ2n) is 4.04. The summed E-state index contributed by atoms with van der Waals surface area (Å²) in [5.74, 6) is -0.102. The number of carbonyl (C=O) groups excluding carboxylic acids is 1. The molecule has 17 heavy (non-hydrogen) atoms. The first-order valence-corrected chi connectivity index (χ1v) is 7.83. The molecule has 0 bridgehead atoms. The van der Waals surface area contributed by atoms with E-state index in [1.54, 1.807) is 13.0 Å². The van der Waals surface area contributed by atoms with Crippen molar-refractivity contribution in [3.05, 3.63) is 16.5 Å². The van der Waals surface area contributed by atoms with Gasteiger partial charge in [0.05, 0.1) is 4.34 Å². The topological polar surface area (TPSA) is 54.5 Å². The number of piperidine rings is 1. The summed E-state index contributed by atoms with van der Waals surface area (Å²) in [5.41, 5.74) is 0. The van der Waals surface area contributed by atoms with Gasteiger partial charge in [0.2, 0.25) is 0 Å². The molecule has 0 aromatic carbocycles. The van der Waals surface area contributed by atoms with Crippen LogP contribution in [0.5, 0.6) is 0 Å². The van der Waals surface area contributed by atoms with Crippen LogP contribution in [0.25, 0.3) is 0 Å². The third-order valence-electron chi connectivity index (χ3n) is 2.78. The molecule has 1 aliphatic rings. The molecule has 0 saturated carbocycles. The minimum Gasteiger partial charge on any atom is -0.299 e. The monoisotopic (exact) mass is 293 g/mol. The highest BCUT2D eigenvalue weighted by molar-refractivity contribution is 7.91. The predicted octanol–water partition coefficient (Wildman–Crippen LogP) is 2.00. The molecule has 4 nitrogen and oxygen atoms in total. The number of hydrogen-bond acceptors (Lipinski definition) is 4. The molecule has 0 amide bonds. The van der Waals surface area contributed by atoms with Crippen molar-refractivity contribution >= 4 is 38.7 Å². The molecule has 1 aromatic rings. The Hall–Kier alpha value is -0.430. The maximum absolute atomic E-state index is 12.2. The van der Waals surface area contributed by atoms with E-state index in [1.807, 2.05) is 0 Å². The van der Waals surface area contributed by atoms with Gasteiger partial charge in [-0.1, -0.05) is 18.5 Å². The lowest BCUT2D eigenvalue weighted by molar-refractivity contribution is -0.124. The van der Waals surface area contributed by atoms with Crippen LogP contribution in [0.3, 0.4) is 0 Å². The quantitative estimate of drug-likeness (QED) is 0.838. The second-order valence-corrected chi connectivity index (χ2v) is 7.92.